The van der Waals surface area contributed by atoms with Crippen molar-refractivity contribution in [3.05, 3.63) is 0 Å². The summed E-state index contributed by atoms with van der Waals surface area (Å²) in [6, 6.07) is -2.73. The summed E-state index contributed by atoms with van der Waals surface area (Å²) in [5.74, 6) is -1.33. The second kappa shape index (κ2) is 12.2. The van der Waals surface area contributed by atoms with Crippen molar-refractivity contribution in [1.82, 2.24) is 15.5 Å². The first-order valence-electron chi connectivity index (χ1n) is 15.9. The molecular formula is C32H52N4O6. The average molecular weight is 589 g/mol. The van der Waals surface area contributed by atoms with Crippen molar-refractivity contribution in [2.45, 2.75) is 136 Å². The lowest BCUT2D eigenvalue weighted by Crippen LogP contribution is -2.59. The molecule has 0 radical (unpaired) electrons. The molecule has 1 aliphatic heterocycles. The number of alkyl carbamates (subject to hydrolysis) is 1. The van der Waals surface area contributed by atoms with E-state index in [0.29, 0.717) is 31.2 Å². The molecule has 4 fully saturated rings. The second-order valence-electron chi connectivity index (χ2n) is 15.5. The van der Waals surface area contributed by atoms with Gasteiger partial charge in [0.2, 0.25) is 17.6 Å². The van der Waals surface area contributed by atoms with Crippen molar-refractivity contribution in [3.63, 3.8) is 0 Å². The molecule has 5 atom stereocenters. The molecule has 2 unspecified atom stereocenters. The quantitative estimate of drug-likeness (QED) is 0.349. The molecule has 3 aliphatic carbocycles. The number of ether oxygens (including phenoxy) is 1. The van der Waals surface area contributed by atoms with Crippen LogP contribution in [-0.2, 0) is 23.9 Å². The summed E-state index contributed by atoms with van der Waals surface area (Å²) >= 11 is 0. The van der Waals surface area contributed by atoms with Crippen LogP contribution in [0.15, 0.2) is 0 Å². The lowest BCUT2D eigenvalue weighted by atomic mass is 9.80. The van der Waals surface area contributed by atoms with Crippen molar-refractivity contribution >= 4 is 29.6 Å². The monoisotopic (exact) mass is 588 g/mol. The first kappa shape index (κ1) is 32.3. The van der Waals surface area contributed by atoms with Crippen molar-refractivity contribution in [3.8, 4) is 0 Å². The van der Waals surface area contributed by atoms with Gasteiger partial charge in [0.25, 0.3) is 5.91 Å². The second-order valence-corrected chi connectivity index (χ2v) is 15.5. The lowest BCUT2D eigenvalue weighted by molar-refractivity contribution is -0.143. The zero-order chi connectivity index (χ0) is 31.0. The average Bonchev–Trinajstić information content (AvgIpc) is 3.42. The van der Waals surface area contributed by atoms with Crippen LogP contribution in [-0.4, -0.2) is 64.8 Å². The number of primary amides is 1. The summed E-state index contributed by atoms with van der Waals surface area (Å²) in [5.41, 5.74) is 3.81. The van der Waals surface area contributed by atoms with Crippen LogP contribution in [0.25, 0.3) is 0 Å². The fourth-order valence-corrected chi connectivity index (χ4v) is 7.45. The summed E-state index contributed by atoms with van der Waals surface area (Å²) in [6.45, 7) is 11.3. The molecular weight excluding hydrogens is 536 g/mol. The van der Waals surface area contributed by atoms with Crippen molar-refractivity contribution in [2.75, 3.05) is 6.54 Å². The van der Waals surface area contributed by atoms with Crippen LogP contribution >= 0.6 is 0 Å². The van der Waals surface area contributed by atoms with E-state index in [4.69, 9.17) is 10.5 Å². The molecule has 0 aromatic heterocycles. The Balaban J connectivity index is 1.58. The third kappa shape index (κ3) is 7.46. The molecule has 42 heavy (non-hydrogen) atoms. The highest BCUT2D eigenvalue weighted by molar-refractivity contribution is 6.37. The molecule has 0 aromatic carbocycles. The summed E-state index contributed by atoms with van der Waals surface area (Å²) < 4.78 is 5.47. The Hall–Kier alpha value is -2.65. The molecule has 1 heterocycles. The normalized spacial score (nSPS) is 28.0. The van der Waals surface area contributed by atoms with E-state index in [0.717, 1.165) is 25.7 Å². The molecule has 3 saturated carbocycles. The highest BCUT2D eigenvalue weighted by Crippen LogP contribution is 2.65. The van der Waals surface area contributed by atoms with E-state index in [1.54, 1.807) is 25.7 Å². The van der Waals surface area contributed by atoms with Gasteiger partial charge in [0.1, 0.15) is 17.7 Å². The van der Waals surface area contributed by atoms with E-state index in [1.807, 2.05) is 20.8 Å². The van der Waals surface area contributed by atoms with Gasteiger partial charge in [-0.2, -0.15) is 0 Å². The number of likely N-dealkylation sites (tertiary alicyclic amines) is 1. The zero-order valence-electron chi connectivity index (χ0n) is 26.4. The van der Waals surface area contributed by atoms with Gasteiger partial charge in [-0.25, -0.2) is 4.79 Å². The minimum Gasteiger partial charge on any atom is -0.444 e. The van der Waals surface area contributed by atoms with E-state index >= 15 is 0 Å². The van der Waals surface area contributed by atoms with Gasteiger partial charge in [-0.15, -0.1) is 0 Å². The topological polar surface area (TPSA) is 148 Å². The minimum atomic E-state index is -1.07. The summed E-state index contributed by atoms with van der Waals surface area (Å²) in [4.78, 5) is 67.2. The number of hydrogen-bond acceptors (Lipinski definition) is 6. The van der Waals surface area contributed by atoms with Gasteiger partial charge in [0.05, 0.1) is 6.04 Å². The summed E-state index contributed by atoms with van der Waals surface area (Å²) in [6.07, 6.45) is 10.2. The Morgan fingerprint density at radius 3 is 2.07 bits per heavy atom. The maximum Gasteiger partial charge on any atom is 0.408 e. The smallest absolute Gasteiger partial charge is 0.408 e. The maximum absolute atomic E-state index is 14.3. The van der Waals surface area contributed by atoms with Gasteiger partial charge >= 0.3 is 6.09 Å². The molecule has 1 spiro atoms. The number of nitrogens with one attached hydrogen (secondary N) is 2. The molecule has 10 heteroatoms. The number of nitrogens with two attached hydrogens (primary N) is 1. The van der Waals surface area contributed by atoms with E-state index in [9.17, 15) is 24.0 Å². The van der Waals surface area contributed by atoms with E-state index in [1.165, 1.54) is 32.1 Å². The number of nitrogens with zero attached hydrogens (tertiary/aromatic N) is 1. The minimum absolute atomic E-state index is 0.148. The van der Waals surface area contributed by atoms with Gasteiger partial charge in [-0.1, -0.05) is 72.1 Å². The Kier molecular flexibility index (Phi) is 9.34. The van der Waals surface area contributed by atoms with E-state index in [-0.39, 0.29) is 17.2 Å². The molecule has 4 aliphatic rings. The van der Waals surface area contributed by atoms with Crippen LogP contribution in [0.4, 0.5) is 4.79 Å². The van der Waals surface area contributed by atoms with Crippen molar-refractivity contribution in [1.29, 1.82) is 0 Å². The van der Waals surface area contributed by atoms with Gasteiger partial charge < -0.3 is 26.0 Å². The van der Waals surface area contributed by atoms with Crippen LogP contribution in [0.1, 0.15) is 112 Å². The van der Waals surface area contributed by atoms with Gasteiger partial charge in [0, 0.05) is 6.54 Å². The van der Waals surface area contributed by atoms with Crippen molar-refractivity contribution in [2.24, 2.45) is 34.3 Å². The maximum atomic E-state index is 14.3. The zero-order valence-corrected chi connectivity index (χ0v) is 26.4. The lowest BCUT2D eigenvalue weighted by Gasteiger charge is -2.36. The van der Waals surface area contributed by atoms with Gasteiger partial charge in [-0.3, -0.25) is 19.2 Å². The first-order valence-corrected chi connectivity index (χ1v) is 15.9. The number of amides is 4. The fourth-order valence-electron chi connectivity index (χ4n) is 7.45. The summed E-state index contributed by atoms with van der Waals surface area (Å²) in [5, 5.41) is 5.63. The van der Waals surface area contributed by atoms with Crippen LogP contribution in [0.2, 0.25) is 0 Å². The Morgan fingerprint density at radius 2 is 1.55 bits per heavy atom. The highest BCUT2D eigenvalue weighted by Gasteiger charge is 2.64. The van der Waals surface area contributed by atoms with Crippen LogP contribution in [0.3, 0.4) is 0 Å². The Labute approximate surface area is 250 Å². The number of Topliss-reactive ketones (excluding diaryl/α,β-unsaturated/α-hetero) is 1. The number of carbonyl (C=O) groups excluding carboxylic acids is 5. The Morgan fingerprint density at radius 1 is 0.905 bits per heavy atom. The third-order valence-electron chi connectivity index (χ3n) is 9.96. The first-order chi connectivity index (χ1) is 19.5. The molecule has 4 amide bonds. The summed E-state index contributed by atoms with van der Waals surface area (Å²) in [7, 11) is 0. The van der Waals surface area contributed by atoms with E-state index < -0.39 is 52.8 Å². The SMILES string of the molecule is CC(C)(C)OC(=O)N[C@H](C(=O)N1C[C@@]2(CC1C(=O)NC(CC1CCC1)C(=O)C(N)=O)C[C@H]2C1CCCCC1)C(C)(C)C. The molecule has 0 aromatic rings. The predicted octanol–water partition coefficient (Wildman–Crippen LogP) is 3.84. The van der Waals surface area contributed by atoms with Gasteiger partial charge in [-0.05, 0) is 68.6 Å². The molecule has 0 bridgehead atoms. The molecule has 1 saturated heterocycles. The number of hydrogen-bond donors (Lipinski definition) is 3. The standard InChI is InChI=1S/C32H52N4O6/c1-30(2,3)25(35-29(41)42-31(4,5)6)28(40)36-18-32(16-21(32)20-13-8-7-9-14-20)17-23(36)27(39)34-22(24(37)26(33)38)15-19-11-10-12-19/h19-23,25H,7-18H2,1-6H3,(H2,33,38)(H,34,39)(H,35,41)/t21-,22?,23?,25+,32-/m0/s1. The van der Waals surface area contributed by atoms with Crippen LogP contribution < -0.4 is 16.4 Å². The Bertz CT molecular complexity index is 1070. The molecule has 10 nitrogen and oxygen atoms in total. The highest BCUT2D eigenvalue weighted by atomic mass is 16.6. The van der Waals surface area contributed by atoms with Crippen molar-refractivity contribution < 1.29 is 28.7 Å². The number of rotatable bonds is 9. The third-order valence-corrected chi connectivity index (χ3v) is 9.96. The number of ketones is 1. The molecule has 236 valence electrons. The van der Waals surface area contributed by atoms with Crippen LogP contribution in [0.5, 0.6) is 0 Å². The van der Waals surface area contributed by atoms with Gasteiger partial charge in [0.15, 0.2) is 0 Å². The molecule has 4 rings (SSSR count). The number of carbonyl (C=O) groups is 5. The fraction of sp³-hybridized carbons (Fsp3) is 0.844. The van der Waals surface area contributed by atoms with Crippen LogP contribution in [0, 0.1) is 28.6 Å². The largest absolute Gasteiger partial charge is 0.444 e. The molecule has 4 N–H and O–H groups in total. The predicted molar refractivity (Wildman–Crippen MR) is 158 cm³/mol. The van der Waals surface area contributed by atoms with E-state index in [2.05, 4.69) is 10.6 Å².